The maximum atomic E-state index is 2.60. The fourth-order valence-corrected chi connectivity index (χ4v) is 14.0. The summed E-state index contributed by atoms with van der Waals surface area (Å²) < 4.78 is 0. The highest BCUT2D eigenvalue weighted by Gasteiger charge is 2.44. The molecule has 3 saturated heterocycles. The van der Waals surface area contributed by atoms with E-state index < -0.39 is 8.07 Å². The van der Waals surface area contributed by atoms with Gasteiger partial charge in [0.05, 0.1) is 16.9 Å². The molecule has 0 aromatic heterocycles. The molecule has 0 N–H and O–H groups in total. The van der Waals surface area contributed by atoms with Crippen LogP contribution in [0.25, 0.3) is 0 Å². The largest absolute Gasteiger partial charge is 0.170 e. The Hall–Kier alpha value is 0.239. The minimum atomic E-state index is -1.10. The smallest absolute Gasteiger partial charge is 0.109 e. The van der Waals surface area contributed by atoms with Gasteiger partial charge in [0.1, 0.15) is 0 Å². The minimum absolute atomic E-state index is 0.244. The van der Waals surface area contributed by atoms with Crippen LogP contribution in [0.5, 0.6) is 0 Å². The molecular weight excluding hydrogens is 259 g/mol. The molecule has 3 atom stereocenters. The zero-order valence-electron chi connectivity index (χ0n) is 13.6. The van der Waals surface area contributed by atoms with Gasteiger partial charge < -0.3 is 0 Å². The van der Waals surface area contributed by atoms with Crippen molar-refractivity contribution in [3.8, 4) is 0 Å². The zero-order chi connectivity index (χ0) is 13.8. The van der Waals surface area contributed by atoms with Crippen LogP contribution in [-0.4, -0.2) is 23.6 Å². The average molecular weight is 289 g/mol. The predicted octanol–water partition coefficient (Wildman–Crippen LogP) is 4.94. The van der Waals surface area contributed by atoms with Crippen LogP contribution < -0.4 is 0 Å². The molecule has 105 valence electrons. The standard InChI is InChI=1S/C16H30BSi2/c1-18(2)16(19(3,4)5)15-9-12-6-13-8-14(7-12)11-17(15)10-13/h12-14H,6-11H2,1-5H3/b16-15+/t12?,13-,14+. The summed E-state index contributed by atoms with van der Waals surface area (Å²) in [5.74, 6) is 3.28. The van der Waals surface area contributed by atoms with Gasteiger partial charge >= 0.3 is 0 Å². The SMILES string of the molecule is C[Si](C)/C(=C1/CC2C[C@H]3CB1C[C@@H](C2)C3)[Si](C)(C)C. The van der Waals surface area contributed by atoms with Gasteiger partial charge in [-0.2, -0.15) is 0 Å². The van der Waals surface area contributed by atoms with Gasteiger partial charge in [-0.3, -0.25) is 0 Å². The first-order valence-electron chi connectivity index (χ1n) is 8.38. The van der Waals surface area contributed by atoms with Crippen molar-refractivity contribution >= 4 is 23.6 Å². The molecule has 1 aliphatic carbocycles. The van der Waals surface area contributed by atoms with E-state index in [4.69, 9.17) is 0 Å². The van der Waals surface area contributed by atoms with E-state index >= 15 is 0 Å². The van der Waals surface area contributed by atoms with Gasteiger partial charge in [0, 0.05) is 0 Å². The second-order valence-electron chi connectivity index (χ2n) is 8.83. The molecule has 0 spiro atoms. The van der Waals surface area contributed by atoms with Crippen LogP contribution in [0.2, 0.25) is 45.4 Å². The van der Waals surface area contributed by atoms with Crippen LogP contribution in [0.3, 0.4) is 0 Å². The highest BCUT2D eigenvalue weighted by atomic mass is 28.4. The van der Waals surface area contributed by atoms with E-state index in [-0.39, 0.29) is 8.80 Å². The van der Waals surface area contributed by atoms with Gasteiger partial charge in [0.25, 0.3) is 0 Å². The monoisotopic (exact) mass is 289 g/mol. The Labute approximate surface area is 123 Å². The summed E-state index contributed by atoms with van der Waals surface area (Å²) >= 11 is 0. The van der Waals surface area contributed by atoms with Crippen LogP contribution in [-0.2, 0) is 0 Å². The summed E-state index contributed by atoms with van der Waals surface area (Å²) in [5.41, 5.74) is 2.02. The van der Waals surface area contributed by atoms with E-state index in [0.717, 1.165) is 24.5 Å². The number of fused-ring (bicyclic) bond motifs is 1. The van der Waals surface area contributed by atoms with Crippen molar-refractivity contribution in [2.75, 3.05) is 0 Å². The van der Waals surface area contributed by atoms with E-state index in [9.17, 15) is 0 Å². The van der Waals surface area contributed by atoms with Crippen LogP contribution in [0.1, 0.15) is 25.7 Å². The van der Waals surface area contributed by atoms with Crippen molar-refractivity contribution in [2.45, 2.75) is 71.1 Å². The van der Waals surface area contributed by atoms with Crippen molar-refractivity contribution in [1.82, 2.24) is 0 Å². The van der Waals surface area contributed by atoms with E-state index in [1.54, 1.807) is 31.9 Å². The normalized spacial score (nSPS) is 36.9. The Balaban J connectivity index is 2.03. The van der Waals surface area contributed by atoms with Crippen molar-refractivity contribution in [2.24, 2.45) is 17.8 Å². The first kappa shape index (κ1) is 14.2. The molecule has 4 fully saturated rings. The Morgan fingerprint density at radius 2 is 1.53 bits per heavy atom. The molecule has 4 aliphatic rings. The molecule has 4 rings (SSSR count). The number of hydrogen-bond donors (Lipinski definition) is 0. The molecule has 0 aromatic carbocycles. The fraction of sp³-hybridized carbons (Fsp3) is 0.875. The maximum absolute atomic E-state index is 2.60. The molecule has 1 unspecified atom stereocenters. The molecule has 19 heavy (non-hydrogen) atoms. The summed E-state index contributed by atoms with van der Waals surface area (Å²) in [6, 6.07) is 0. The molecule has 3 aliphatic heterocycles. The Morgan fingerprint density at radius 3 is 2.00 bits per heavy atom. The summed E-state index contributed by atoms with van der Waals surface area (Å²) in [6.07, 6.45) is 9.36. The quantitative estimate of drug-likeness (QED) is 0.632. The Bertz CT molecular complexity index is 380. The van der Waals surface area contributed by atoms with Gasteiger partial charge in [-0.05, 0) is 43.4 Å². The second kappa shape index (κ2) is 4.91. The van der Waals surface area contributed by atoms with E-state index in [1.807, 2.05) is 5.47 Å². The molecule has 0 aromatic rings. The van der Waals surface area contributed by atoms with Gasteiger partial charge in [-0.1, -0.05) is 45.4 Å². The fourth-order valence-electron chi connectivity index (χ4n) is 5.78. The van der Waals surface area contributed by atoms with Gasteiger partial charge in [-0.15, -0.1) is 10.3 Å². The third kappa shape index (κ3) is 2.70. The van der Waals surface area contributed by atoms with E-state index in [0.29, 0.717) is 0 Å². The lowest BCUT2D eigenvalue weighted by Crippen LogP contribution is -2.38. The molecule has 4 bridgehead atoms. The first-order valence-corrected chi connectivity index (χ1v) is 14.4. The summed E-state index contributed by atoms with van der Waals surface area (Å²) in [5, 5.41) is 0. The highest BCUT2D eigenvalue weighted by molar-refractivity contribution is 6.99. The lowest BCUT2D eigenvalue weighted by molar-refractivity contribution is 0.216. The third-order valence-corrected chi connectivity index (χ3v) is 12.7. The van der Waals surface area contributed by atoms with E-state index in [1.165, 1.54) is 6.42 Å². The predicted molar refractivity (Wildman–Crippen MR) is 92.2 cm³/mol. The van der Waals surface area contributed by atoms with Gasteiger partial charge in [-0.25, -0.2) is 0 Å². The lowest BCUT2D eigenvalue weighted by atomic mass is 9.34. The number of allylic oxidation sites excluding steroid dienone is 1. The average Bonchev–Trinajstić information content (AvgIpc) is 2.40. The van der Waals surface area contributed by atoms with Crippen LogP contribution in [0.4, 0.5) is 0 Å². The summed E-state index contributed by atoms with van der Waals surface area (Å²) in [4.78, 5) is 2.05. The van der Waals surface area contributed by atoms with Crippen LogP contribution in [0, 0.1) is 17.8 Å². The first-order chi connectivity index (χ1) is 8.84. The van der Waals surface area contributed by atoms with Crippen molar-refractivity contribution in [3.05, 3.63) is 10.3 Å². The summed E-state index contributed by atoms with van der Waals surface area (Å²) in [7, 11) is -1.35. The molecule has 3 heteroatoms. The van der Waals surface area contributed by atoms with Crippen molar-refractivity contribution < 1.29 is 0 Å². The Morgan fingerprint density at radius 1 is 1.00 bits per heavy atom. The number of rotatable bonds is 2. The molecule has 0 amide bonds. The van der Waals surface area contributed by atoms with Crippen molar-refractivity contribution in [3.63, 3.8) is 0 Å². The lowest BCUT2D eigenvalue weighted by Gasteiger charge is -2.37. The highest BCUT2D eigenvalue weighted by Crippen LogP contribution is 2.51. The number of hydrogen-bond acceptors (Lipinski definition) is 0. The molecule has 1 radical (unpaired) electrons. The van der Waals surface area contributed by atoms with Gasteiger partial charge in [0.2, 0.25) is 0 Å². The van der Waals surface area contributed by atoms with Gasteiger partial charge in [0.15, 0.2) is 6.71 Å². The molecule has 0 nitrogen and oxygen atoms in total. The minimum Gasteiger partial charge on any atom is -0.109 e. The topological polar surface area (TPSA) is 0 Å². The maximum Gasteiger partial charge on any atom is 0.170 e. The van der Waals surface area contributed by atoms with Crippen molar-refractivity contribution in [1.29, 1.82) is 0 Å². The molecule has 3 heterocycles. The molecule has 1 saturated carbocycles. The second-order valence-corrected chi connectivity index (χ2v) is 16.8. The Kier molecular flexibility index (Phi) is 3.66. The van der Waals surface area contributed by atoms with E-state index in [2.05, 4.69) is 37.6 Å². The zero-order valence-corrected chi connectivity index (χ0v) is 15.6. The third-order valence-electron chi connectivity index (χ3n) is 5.81. The van der Waals surface area contributed by atoms with Crippen LogP contribution in [0.15, 0.2) is 10.3 Å². The van der Waals surface area contributed by atoms with Crippen LogP contribution >= 0.6 is 0 Å². The molecular formula is C16H30BSi2. The summed E-state index contributed by atoms with van der Waals surface area (Å²) in [6.45, 7) is 13.9.